The average molecular weight is 378 g/mol. The summed E-state index contributed by atoms with van der Waals surface area (Å²) in [5, 5.41) is 7.31. The Labute approximate surface area is 164 Å². The van der Waals surface area contributed by atoms with Crippen LogP contribution in [0.2, 0.25) is 0 Å². The molecule has 1 atom stereocenters. The number of amides is 2. The monoisotopic (exact) mass is 378 g/mol. The van der Waals surface area contributed by atoms with Crippen LogP contribution in [0.25, 0.3) is 0 Å². The number of benzene rings is 1. The van der Waals surface area contributed by atoms with Gasteiger partial charge in [-0.2, -0.15) is 5.10 Å². The lowest BCUT2D eigenvalue weighted by molar-refractivity contribution is -0.135. The molecule has 2 aromatic rings. The molecule has 3 heterocycles. The van der Waals surface area contributed by atoms with Crippen LogP contribution in [0.5, 0.6) is 0 Å². The van der Waals surface area contributed by atoms with E-state index in [1.807, 2.05) is 28.0 Å². The lowest BCUT2D eigenvalue weighted by Crippen LogP contribution is -2.39. The van der Waals surface area contributed by atoms with E-state index in [0.717, 1.165) is 62.9 Å². The molecule has 1 spiro atoms. The van der Waals surface area contributed by atoms with Gasteiger partial charge >= 0.3 is 0 Å². The minimum Gasteiger partial charge on any atom is -0.342 e. The second kappa shape index (κ2) is 6.76. The van der Waals surface area contributed by atoms with Gasteiger partial charge in [-0.15, -0.1) is 0 Å². The van der Waals surface area contributed by atoms with Gasteiger partial charge in [-0.1, -0.05) is 30.3 Å². The molecule has 0 bridgehead atoms. The fourth-order valence-corrected chi connectivity index (χ4v) is 5.09. The Morgan fingerprint density at radius 2 is 1.96 bits per heavy atom. The van der Waals surface area contributed by atoms with Gasteiger partial charge in [-0.25, -0.2) is 0 Å². The number of nitrogens with zero attached hydrogens (tertiary/aromatic N) is 3. The number of carbonyl (C=O) groups is 2. The topological polar surface area (TPSA) is 69.3 Å². The number of likely N-dealkylation sites (tertiary alicyclic amines) is 2. The zero-order valence-corrected chi connectivity index (χ0v) is 16.1. The molecule has 2 aliphatic heterocycles. The third-order valence-electron chi connectivity index (χ3n) is 6.76. The Morgan fingerprint density at radius 3 is 2.82 bits per heavy atom. The van der Waals surface area contributed by atoms with Crippen LogP contribution in [0.1, 0.15) is 46.6 Å². The summed E-state index contributed by atoms with van der Waals surface area (Å²) in [6.45, 7) is 2.74. The van der Waals surface area contributed by atoms with E-state index in [9.17, 15) is 9.59 Å². The predicted octanol–water partition coefficient (Wildman–Crippen LogP) is 2.21. The highest BCUT2D eigenvalue weighted by Gasteiger charge is 2.51. The number of aryl methyl sites for hydroxylation is 1. The zero-order valence-electron chi connectivity index (χ0n) is 16.1. The Hall–Kier alpha value is -2.63. The highest BCUT2D eigenvalue weighted by molar-refractivity contribution is 5.95. The lowest BCUT2D eigenvalue weighted by atomic mass is 9.85. The summed E-state index contributed by atoms with van der Waals surface area (Å²) in [5.41, 5.74) is 3.66. The van der Waals surface area contributed by atoms with Crippen LogP contribution in [0.3, 0.4) is 0 Å². The van der Waals surface area contributed by atoms with Crippen molar-refractivity contribution in [3.63, 3.8) is 0 Å². The Bertz CT molecular complexity index is 907. The van der Waals surface area contributed by atoms with Gasteiger partial charge in [-0.05, 0) is 44.1 Å². The number of hydrogen-bond donors (Lipinski definition) is 1. The molecule has 1 unspecified atom stereocenters. The second-order valence-electron chi connectivity index (χ2n) is 8.42. The number of nitrogens with one attached hydrogen (secondary N) is 1. The van der Waals surface area contributed by atoms with Gasteiger partial charge in [0.2, 0.25) is 5.91 Å². The number of fused-ring (bicyclic) bond motifs is 1. The van der Waals surface area contributed by atoms with Crippen LogP contribution in [0.4, 0.5) is 0 Å². The molecule has 2 saturated heterocycles. The van der Waals surface area contributed by atoms with Gasteiger partial charge in [0.25, 0.3) is 5.91 Å². The normalized spacial score (nSPS) is 23.8. The van der Waals surface area contributed by atoms with Crippen molar-refractivity contribution < 1.29 is 9.59 Å². The predicted molar refractivity (Wildman–Crippen MR) is 105 cm³/mol. The quantitative estimate of drug-likeness (QED) is 0.887. The number of aromatic nitrogens is 2. The van der Waals surface area contributed by atoms with Gasteiger partial charge < -0.3 is 9.80 Å². The fourth-order valence-electron chi connectivity index (χ4n) is 5.09. The van der Waals surface area contributed by atoms with Crippen molar-refractivity contribution >= 4 is 11.8 Å². The van der Waals surface area contributed by atoms with Gasteiger partial charge in [0.1, 0.15) is 0 Å². The van der Waals surface area contributed by atoms with E-state index >= 15 is 0 Å². The van der Waals surface area contributed by atoms with Gasteiger partial charge in [0, 0.05) is 37.4 Å². The minimum absolute atomic E-state index is 0.00758. The van der Waals surface area contributed by atoms with Crippen LogP contribution in [0.15, 0.2) is 30.3 Å². The van der Waals surface area contributed by atoms with Crippen LogP contribution < -0.4 is 0 Å². The van der Waals surface area contributed by atoms with E-state index in [1.165, 1.54) is 5.56 Å². The lowest BCUT2D eigenvalue weighted by Gasteiger charge is -2.23. The molecular weight excluding hydrogens is 352 g/mol. The van der Waals surface area contributed by atoms with Crippen LogP contribution in [-0.2, 0) is 24.1 Å². The third-order valence-corrected chi connectivity index (χ3v) is 6.76. The zero-order chi connectivity index (χ0) is 19.1. The maximum absolute atomic E-state index is 13.2. The average Bonchev–Trinajstić information content (AvgIpc) is 3.48. The summed E-state index contributed by atoms with van der Waals surface area (Å²) in [7, 11) is 0. The van der Waals surface area contributed by atoms with Crippen molar-refractivity contribution in [1.29, 1.82) is 0 Å². The van der Waals surface area contributed by atoms with Crippen LogP contribution >= 0.6 is 0 Å². The standard InChI is InChI=1S/C22H26N4O2/c27-20(19-17-7-4-8-18(17)23-24-19)26-14-11-22(15-26)10-13-25(21(22)28)12-9-16-5-2-1-3-6-16/h1-3,5-6H,4,7-15H2,(H,23,24). The van der Waals surface area contributed by atoms with Crippen LogP contribution in [-0.4, -0.2) is 58.0 Å². The van der Waals surface area contributed by atoms with Crippen molar-refractivity contribution in [2.24, 2.45) is 5.41 Å². The smallest absolute Gasteiger partial charge is 0.274 e. The molecule has 1 aliphatic carbocycles. The first-order chi connectivity index (χ1) is 13.7. The van der Waals surface area contributed by atoms with E-state index in [-0.39, 0.29) is 17.2 Å². The summed E-state index contributed by atoms with van der Waals surface area (Å²) in [5.74, 6) is 0.220. The first kappa shape index (κ1) is 17.5. The number of rotatable bonds is 4. The van der Waals surface area contributed by atoms with Crippen molar-refractivity contribution in [2.45, 2.75) is 38.5 Å². The number of H-pyrrole nitrogens is 1. The van der Waals surface area contributed by atoms with E-state index in [0.29, 0.717) is 18.8 Å². The summed E-state index contributed by atoms with van der Waals surface area (Å²) in [6, 6.07) is 10.3. The fraction of sp³-hybridized carbons (Fsp3) is 0.500. The molecule has 28 heavy (non-hydrogen) atoms. The second-order valence-corrected chi connectivity index (χ2v) is 8.42. The summed E-state index contributed by atoms with van der Waals surface area (Å²) >= 11 is 0. The van der Waals surface area contributed by atoms with E-state index in [4.69, 9.17) is 0 Å². The molecule has 6 heteroatoms. The maximum atomic E-state index is 13.2. The number of carbonyl (C=O) groups excluding carboxylic acids is 2. The van der Waals surface area contributed by atoms with Crippen molar-refractivity contribution in [2.75, 3.05) is 26.2 Å². The highest BCUT2D eigenvalue weighted by Crippen LogP contribution is 2.41. The van der Waals surface area contributed by atoms with Crippen LogP contribution in [0, 0.1) is 5.41 Å². The Kier molecular flexibility index (Phi) is 4.22. The summed E-state index contributed by atoms with van der Waals surface area (Å²) in [4.78, 5) is 30.0. The van der Waals surface area contributed by atoms with Gasteiger partial charge in [-0.3, -0.25) is 14.7 Å². The summed E-state index contributed by atoms with van der Waals surface area (Å²) in [6.07, 6.45) is 5.50. The van der Waals surface area contributed by atoms with Gasteiger partial charge in [0.05, 0.1) is 5.41 Å². The number of aromatic amines is 1. The van der Waals surface area contributed by atoms with E-state index in [2.05, 4.69) is 22.3 Å². The molecule has 2 fully saturated rings. The molecule has 1 aromatic heterocycles. The number of hydrogen-bond acceptors (Lipinski definition) is 3. The molecule has 6 nitrogen and oxygen atoms in total. The molecule has 5 rings (SSSR count). The van der Waals surface area contributed by atoms with E-state index < -0.39 is 0 Å². The van der Waals surface area contributed by atoms with Crippen molar-refractivity contribution in [1.82, 2.24) is 20.0 Å². The Morgan fingerprint density at radius 1 is 1.14 bits per heavy atom. The highest BCUT2D eigenvalue weighted by atomic mass is 16.2. The maximum Gasteiger partial charge on any atom is 0.274 e. The van der Waals surface area contributed by atoms with Crippen molar-refractivity contribution in [3.8, 4) is 0 Å². The van der Waals surface area contributed by atoms with E-state index in [1.54, 1.807) is 0 Å². The first-order valence-corrected chi connectivity index (χ1v) is 10.3. The summed E-state index contributed by atoms with van der Waals surface area (Å²) < 4.78 is 0. The van der Waals surface area contributed by atoms with Crippen molar-refractivity contribution in [3.05, 3.63) is 52.8 Å². The molecule has 3 aliphatic rings. The molecular formula is C22H26N4O2. The molecule has 1 N–H and O–H groups in total. The molecule has 0 saturated carbocycles. The first-order valence-electron chi connectivity index (χ1n) is 10.3. The SMILES string of the molecule is O=C(c1n[nH]c2c1CCC2)N1CCC2(CCN(CCc3ccccc3)C2=O)C1. The largest absolute Gasteiger partial charge is 0.342 e. The third kappa shape index (κ3) is 2.82. The van der Waals surface area contributed by atoms with Gasteiger partial charge in [0.15, 0.2) is 5.69 Å². The Balaban J connectivity index is 1.24. The molecule has 1 aromatic carbocycles. The minimum atomic E-state index is -0.383. The molecule has 146 valence electrons. The molecule has 2 amide bonds. The molecule has 0 radical (unpaired) electrons.